The van der Waals surface area contributed by atoms with Crippen molar-refractivity contribution in [2.45, 2.75) is 20.4 Å². The Morgan fingerprint density at radius 1 is 1.55 bits per heavy atom. The van der Waals surface area contributed by atoms with Crippen LogP contribution in [0.5, 0.6) is 5.75 Å². The van der Waals surface area contributed by atoms with Crippen LogP contribution in [0.1, 0.15) is 19.4 Å². The van der Waals surface area contributed by atoms with Crippen LogP contribution in [-0.2, 0) is 6.54 Å². The van der Waals surface area contributed by atoms with E-state index in [0.717, 1.165) is 12.1 Å². The van der Waals surface area contributed by atoms with E-state index >= 15 is 0 Å². The van der Waals surface area contributed by atoms with E-state index in [1.807, 2.05) is 19.9 Å². The number of nitrogens with zero attached hydrogens (tertiary/aromatic N) is 2. The second kappa shape index (κ2) is 7.69. The van der Waals surface area contributed by atoms with Crippen LogP contribution in [0.4, 0.5) is 4.39 Å². The zero-order valence-corrected chi connectivity index (χ0v) is 12.1. The Labute approximate surface area is 118 Å². The van der Waals surface area contributed by atoms with Crippen molar-refractivity contribution in [3.8, 4) is 5.75 Å². The third-order valence-electron chi connectivity index (χ3n) is 3.22. The van der Waals surface area contributed by atoms with Gasteiger partial charge in [0.25, 0.3) is 0 Å². The van der Waals surface area contributed by atoms with Gasteiger partial charge in [-0.1, -0.05) is 25.1 Å². The van der Waals surface area contributed by atoms with Gasteiger partial charge in [0.2, 0.25) is 0 Å². The normalized spacial score (nSPS) is 13.6. The SMILES string of the molecule is CCN(Cc1ccc(OC)c(F)c1)CC(C)C(N)=NO. The van der Waals surface area contributed by atoms with Crippen molar-refractivity contribution >= 4 is 5.84 Å². The van der Waals surface area contributed by atoms with Gasteiger partial charge in [-0.25, -0.2) is 4.39 Å². The van der Waals surface area contributed by atoms with Gasteiger partial charge in [0.1, 0.15) is 5.84 Å². The number of halogens is 1. The van der Waals surface area contributed by atoms with Gasteiger partial charge in [0, 0.05) is 19.0 Å². The first-order valence-corrected chi connectivity index (χ1v) is 6.54. The molecule has 0 radical (unpaired) electrons. The third-order valence-corrected chi connectivity index (χ3v) is 3.22. The van der Waals surface area contributed by atoms with Crippen LogP contribution in [0.3, 0.4) is 0 Å². The van der Waals surface area contributed by atoms with Crippen LogP contribution in [0.15, 0.2) is 23.4 Å². The number of benzene rings is 1. The van der Waals surface area contributed by atoms with Crippen LogP contribution >= 0.6 is 0 Å². The van der Waals surface area contributed by atoms with Crippen LogP contribution < -0.4 is 10.5 Å². The lowest BCUT2D eigenvalue weighted by molar-refractivity contribution is 0.257. The number of nitrogens with two attached hydrogens (primary N) is 1. The van der Waals surface area contributed by atoms with Crippen molar-refractivity contribution in [2.75, 3.05) is 20.2 Å². The molecule has 0 saturated carbocycles. The maximum absolute atomic E-state index is 13.6. The van der Waals surface area contributed by atoms with Crippen LogP contribution in [-0.4, -0.2) is 36.1 Å². The Bertz CT molecular complexity index is 466. The molecular weight excluding hydrogens is 261 g/mol. The average Bonchev–Trinajstić information content (AvgIpc) is 2.45. The van der Waals surface area contributed by atoms with E-state index in [4.69, 9.17) is 15.7 Å². The van der Waals surface area contributed by atoms with E-state index in [-0.39, 0.29) is 23.3 Å². The van der Waals surface area contributed by atoms with E-state index in [9.17, 15) is 4.39 Å². The summed E-state index contributed by atoms with van der Waals surface area (Å²) < 4.78 is 18.5. The minimum Gasteiger partial charge on any atom is -0.494 e. The Kier molecular flexibility index (Phi) is 6.24. The highest BCUT2D eigenvalue weighted by Crippen LogP contribution is 2.19. The molecule has 1 aromatic rings. The van der Waals surface area contributed by atoms with Crippen LogP contribution in [0.25, 0.3) is 0 Å². The van der Waals surface area contributed by atoms with Crippen LogP contribution in [0.2, 0.25) is 0 Å². The van der Waals surface area contributed by atoms with E-state index < -0.39 is 0 Å². The fourth-order valence-corrected chi connectivity index (χ4v) is 1.95. The predicted octanol–water partition coefficient (Wildman–Crippen LogP) is 2.04. The molecule has 3 N–H and O–H groups in total. The summed E-state index contributed by atoms with van der Waals surface area (Å²) in [7, 11) is 1.44. The number of hydrogen-bond donors (Lipinski definition) is 2. The monoisotopic (exact) mass is 283 g/mol. The van der Waals surface area contributed by atoms with Gasteiger partial charge in [-0.3, -0.25) is 4.90 Å². The number of hydrogen-bond acceptors (Lipinski definition) is 4. The molecule has 0 aliphatic heterocycles. The average molecular weight is 283 g/mol. The highest BCUT2D eigenvalue weighted by Gasteiger charge is 2.14. The summed E-state index contributed by atoms with van der Waals surface area (Å²) in [5.74, 6) is -0.000215. The molecule has 1 aromatic carbocycles. The molecule has 20 heavy (non-hydrogen) atoms. The molecule has 0 aliphatic rings. The van der Waals surface area contributed by atoms with Crippen molar-refractivity contribution in [1.82, 2.24) is 4.90 Å². The Hall–Kier alpha value is -1.82. The fourth-order valence-electron chi connectivity index (χ4n) is 1.95. The highest BCUT2D eigenvalue weighted by molar-refractivity contribution is 5.82. The van der Waals surface area contributed by atoms with Crippen molar-refractivity contribution < 1.29 is 14.3 Å². The largest absolute Gasteiger partial charge is 0.494 e. The zero-order chi connectivity index (χ0) is 15.1. The van der Waals surface area contributed by atoms with E-state index in [2.05, 4.69) is 10.1 Å². The minimum atomic E-state index is -0.370. The molecule has 0 amide bonds. The summed E-state index contributed by atoms with van der Waals surface area (Å²) in [5, 5.41) is 11.7. The van der Waals surface area contributed by atoms with E-state index in [1.54, 1.807) is 6.07 Å². The summed E-state index contributed by atoms with van der Waals surface area (Å²) in [6.45, 7) is 5.92. The summed E-state index contributed by atoms with van der Waals surface area (Å²) in [4.78, 5) is 2.10. The molecule has 1 rings (SSSR count). The Morgan fingerprint density at radius 3 is 2.75 bits per heavy atom. The lowest BCUT2D eigenvalue weighted by Crippen LogP contribution is -2.34. The molecule has 0 aliphatic carbocycles. The lowest BCUT2D eigenvalue weighted by Gasteiger charge is -2.23. The van der Waals surface area contributed by atoms with Crippen molar-refractivity contribution in [1.29, 1.82) is 0 Å². The van der Waals surface area contributed by atoms with Gasteiger partial charge >= 0.3 is 0 Å². The Balaban J connectivity index is 2.71. The lowest BCUT2D eigenvalue weighted by atomic mass is 10.1. The van der Waals surface area contributed by atoms with Crippen molar-refractivity contribution in [3.63, 3.8) is 0 Å². The maximum Gasteiger partial charge on any atom is 0.165 e. The molecule has 0 aromatic heterocycles. The molecule has 0 fully saturated rings. The number of rotatable bonds is 7. The number of ether oxygens (including phenoxy) is 1. The smallest absolute Gasteiger partial charge is 0.165 e. The molecule has 1 atom stereocenters. The summed E-state index contributed by atoms with van der Waals surface area (Å²) in [6, 6.07) is 4.92. The molecule has 0 spiro atoms. The summed E-state index contributed by atoms with van der Waals surface area (Å²) in [6.07, 6.45) is 0. The predicted molar refractivity (Wildman–Crippen MR) is 76.5 cm³/mol. The first kappa shape index (κ1) is 16.2. The molecule has 1 unspecified atom stereocenters. The Morgan fingerprint density at radius 2 is 2.25 bits per heavy atom. The summed E-state index contributed by atoms with van der Waals surface area (Å²) >= 11 is 0. The maximum atomic E-state index is 13.6. The minimum absolute atomic E-state index is 0.0666. The second-order valence-electron chi connectivity index (χ2n) is 4.72. The molecule has 0 saturated heterocycles. The molecule has 6 heteroatoms. The third kappa shape index (κ3) is 4.38. The standard InChI is InChI=1S/C14H22FN3O2/c1-4-18(8-10(2)14(16)17-19)9-11-5-6-13(20-3)12(15)7-11/h5-7,10,19H,4,8-9H2,1-3H3,(H2,16,17). The topological polar surface area (TPSA) is 71.1 Å². The molecule has 5 nitrogen and oxygen atoms in total. The molecule has 0 bridgehead atoms. The molecular formula is C14H22FN3O2. The quantitative estimate of drug-likeness (QED) is 0.348. The van der Waals surface area contributed by atoms with Gasteiger partial charge in [0.05, 0.1) is 7.11 Å². The van der Waals surface area contributed by atoms with Gasteiger partial charge in [-0.05, 0) is 24.2 Å². The van der Waals surface area contributed by atoms with E-state index in [1.165, 1.54) is 13.2 Å². The van der Waals surface area contributed by atoms with Gasteiger partial charge in [-0.2, -0.15) is 0 Å². The molecule has 0 heterocycles. The number of amidine groups is 1. The number of methoxy groups -OCH3 is 1. The highest BCUT2D eigenvalue weighted by atomic mass is 19.1. The number of oxime groups is 1. The van der Waals surface area contributed by atoms with Crippen molar-refractivity contribution in [2.24, 2.45) is 16.8 Å². The van der Waals surface area contributed by atoms with E-state index in [0.29, 0.717) is 13.1 Å². The fraction of sp³-hybridized carbons (Fsp3) is 0.500. The van der Waals surface area contributed by atoms with Gasteiger partial charge in [-0.15, -0.1) is 0 Å². The first-order valence-electron chi connectivity index (χ1n) is 6.54. The first-order chi connectivity index (χ1) is 9.51. The summed E-state index contributed by atoms with van der Waals surface area (Å²) in [5.41, 5.74) is 6.43. The van der Waals surface area contributed by atoms with Crippen molar-refractivity contribution in [3.05, 3.63) is 29.6 Å². The van der Waals surface area contributed by atoms with Gasteiger partial charge < -0.3 is 15.7 Å². The van der Waals surface area contributed by atoms with Gasteiger partial charge in [0.15, 0.2) is 11.6 Å². The van der Waals surface area contributed by atoms with Crippen LogP contribution in [0, 0.1) is 11.7 Å². The zero-order valence-electron chi connectivity index (χ0n) is 12.1. The molecule has 112 valence electrons. The second-order valence-corrected chi connectivity index (χ2v) is 4.72.